The van der Waals surface area contributed by atoms with Gasteiger partial charge in [0, 0.05) is 22.2 Å². The molecule has 6 heteroatoms. The monoisotopic (exact) mass is 275 g/mol. The summed E-state index contributed by atoms with van der Waals surface area (Å²) < 4.78 is 27.2. The average Bonchev–Trinajstić information content (AvgIpc) is 2.82. The van der Waals surface area contributed by atoms with Crippen molar-refractivity contribution in [2.24, 2.45) is 5.92 Å². The van der Waals surface area contributed by atoms with Gasteiger partial charge in [0.05, 0.1) is 0 Å². The second-order valence-corrected chi connectivity index (χ2v) is 7.95. The molecule has 1 aromatic rings. The molecule has 4 nitrogen and oxygen atoms in total. The molecule has 2 aliphatic carbocycles. The van der Waals surface area contributed by atoms with Gasteiger partial charge in [0.2, 0.25) is 9.05 Å². The summed E-state index contributed by atoms with van der Waals surface area (Å²) >= 11 is 0. The van der Waals surface area contributed by atoms with Crippen LogP contribution in [0.2, 0.25) is 0 Å². The number of rotatable bonds is 3. The van der Waals surface area contributed by atoms with Gasteiger partial charge in [0.1, 0.15) is 17.2 Å². The van der Waals surface area contributed by atoms with Crippen molar-refractivity contribution in [3.8, 4) is 0 Å². The highest BCUT2D eigenvalue weighted by molar-refractivity contribution is 8.13. The summed E-state index contributed by atoms with van der Waals surface area (Å²) in [5.74, 6) is 1.32. The normalized spacial score (nSPS) is 32.2. The minimum atomic E-state index is -3.55. The summed E-state index contributed by atoms with van der Waals surface area (Å²) in [6.07, 6.45) is 6.07. The van der Waals surface area contributed by atoms with Gasteiger partial charge < -0.3 is 4.52 Å². The first-order valence-corrected chi connectivity index (χ1v) is 8.36. The van der Waals surface area contributed by atoms with Gasteiger partial charge in [-0.3, -0.25) is 0 Å². The van der Waals surface area contributed by atoms with Crippen LogP contribution in [-0.2, 0) is 20.2 Å². The quantitative estimate of drug-likeness (QED) is 0.796. The zero-order chi connectivity index (χ0) is 12.1. The van der Waals surface area contributed by atoms with Crippen LogP contribution < -0.4 is 0 Å². The highest BCUT2D eigenvalue weighted by Crippen LogP contribution is 2.62. The largest absolute Gasteiger partial charge is 0.361 e. The molecule has 2 aliphatic rings. The fourth-order valence-corrected chi connectivity index (χ4v) is 3.94. The average molecular weight is 276 g/mol. The van der Waals surface area contributed by atoms with Gasteiger partial charge in [-0.05, 0) is 25.2 Å². The molecular weight excluding hydrogens is 262 g/mol. The fraction of sp³-hybridized carbons (Fsp3) is 0.727. The first kappa shape index (κ1) is 11.5. The van der Waals surface area contributed by atoms with E-state index in [1.165, 1.54) is 19.3 Å². The second-order valence-electron chi connectivity index (χ2n) is 5.17. The Labute approximate surface area is 105 Å². The van der Waals surface area contributed by atoms with E-state index in [1.54, 1.807) is 6.07 Å². The molecule has 0 amide bonds. The molecule has 1 heterocycles. The summed E-state index contributed by atoms with van der Waals surface area (Å²) in [5.41, 5.74) is 0.583. The third-order valence-corrected chi connectivity index (χ3v) is 5.00. The number of fused-ring (bicyclic) bond motifs is 1. The lowest BCUT2D eigenvalue weighted by Crippen LogP contribution is -2.13. The molecular formula is C11H14ClNO3S. The molecule has 0 aromatic carbocycles. The third kappa shape index (κ3) is 2.10. The Hall–Kier alpha value is -0.550. The summed E-state index contributed by atoms with van der Waals surface area (Å²) in [7, 11) is 1.65. The molecule has 0 radical (unpaired) electrons. The van der Waals surface area contributed by atoms with Crippen molar-refractivity contribution in [1.29, 1.82) is 0 Å². The van der Waals surface area contributed by atoms with E-state index in [9.17, 15) is 8.42 Å². The molecule has 0 saturated heterocycles. The minimum Gasteiger partial charge on any atom is -0.361 e. The summed E-state index contributed by atoms with van der Waals surface area (Å²) in [5, 5.41) is 3.81. The molecule has 0 bridgehead atoms. The van der Waals surface area contributed by atoms with E-state index in [1.807, 2.05) is 0 Å². The Morgan fingerprint density at radius 1 is 1.53 bits per heavy atom. The minimum absolute atomic E-state index is 0.166. The summed E-state index contributed by atoms with van der Waals surface area (Å²) in [4.78, 5) is 0. The van der Waals surface area contributed by atoms with E-state index in [0.717, 1.165) is 18.6 Å². The van der Waals surface area contributed by atoms with E-state index in [-0.39, 0.29) is 11.2 Å². The van der Waals surface area contributed by atoms with Crippen LogP contribution >= 0.6 is 10.7 Å². The Balaban J connectivity index is 1.82. The van der Waals surface area contributed by atoms with Crippen LogP contribution in [0.3, 0.4) is 0 Å². The number of aromatic nitrogens is 1. The molecule has 2 unspecified atom stereocenters. The van der Waals surface area contributed by atoms with E-state index >= 15 is 0 Å². The van der Waals surface area contributed by atoms with Crippen LogP contribution in [0, 0.1) is 5.92 Å². The van der Waals surface area contributed by atoms with Gasteiger partial charge in [0.15, 0.2) is 0 Å². The van der Waals surface area contributed by atoms with Gasteiger partial charge in [-0.1, -0.05) is 18.0 Å². The lowest BCUT2D eigenvalue weighted by Gasteiger charge is -2.18. The molecule has 2 atom stereocenters. The SMILES string of the molecule is O=S(=O)(Cl)Cc1cc(C23CCCCC2C3)on1. The van der Waals surface area contributed by atoms with E-state index in [4.69, 9.17) is 15.2 Å². The maximum absolute atomic E-state index is 11.0. The standard InChI is InChI=1S/C11H14ClNO3S/c12-17(14,15)7-9-5-10(16-13-9)11-4-2-1-3-8(11)6-11/h5,8H,1-4,6-7H2. The molecule has 17 heavy (non-hydrogen) atoms. The van der Waals surface area contributed by atoms with Crippen molar-refractivity contribution in [2.45, 2.75) is 43.3 Å². The predicted molar refractivity (Wildman–Crippen MR) is 63.2 cm³/mol. The Morgan fingerprint density at radius 3 is 3.06 bits per heavy atom. The highest BCUT2D eigenvalue weighted by Gasteiger charge is 2.58. The van der Waals surface area contributed by atoms with Gasteiger partial charge in [-0.25, -0.2) is 8.42 Å². The fourth-order valence-electron chi connectivity index (χ4n) is 3.11. The first-order chi connectivity index (χ1) is 8.00. The first-order valence-electron chi connectivity index (χ1n) is 5.88. The topological polar surface area (TPSA) is 60.2 Å². The lowest BCUT2D eigenvalue weighted by molar-refractivity contribution is 0.308. The van der Waals surface area contributed by atoms with Crippen molar-refractivity contribution in [3.05, 3.63) is 17.5 Å². The maximum Gasteiger partial charge on any atom is 0.238 e. The van der Waals surface area contributed by atoms with Gasteiger partial charge >= 0.3 is 0 Å². The van der Waals surface area contributed by atoms with Crippen molar-refractivity contribution in [2.75, 3.05) is 0 Å². The number of halogens is 1. The van der Waals surface area contributed by atoms with Gasteiger partial charge in [-0.15, -0.1) is 0 Å². The van der Waals surface area contributed by atoms with Crippen LogP contribution in [0.1, 0.15) is 43.6 Å². The molecule has 0 aliphatic heterocycles. The van der Waals surface area contributed by atoms with Crippen molar-refractivity contribution >= 4 is 19.7 Å². The van der Waals surface area contributed by atoms with Crippen LogP contribution in [0.15, 0.2) is 10.6 Å². The van der Waals surface area contributed by atoms with E-state index in [0.29, 0.717) is 11.6 Å². The molecule has 94 valence electrons. The number of hydrogen-bond donors (Lipinski definition) is 0. The molecule has 0 N–H and O–H groups in total. The van der Waals surface area contributed by atoms with Gasteiger partial charge in [0.25, 0.3) is 0 Å². The molecule has 1 aromatic heterocycles. The zero-order valence-electron chi connectivity index (χ0n) is 9.36. The number of hydrogen-bond acceptors (Lipinski definition) is 4. The molecule has 0 spiro atoms. The zero-order valence-corrected chi connectivity index (χ0v) is 10.9. The van der Waals surface area contributed by atoms with E-state index in [2.05, 4.69) is 5.16 Å². The Morgan fingerprint density at radius 2 is 2.35 bits per heavy atom. The molecule has 2 fully saturated rings. The number of nitrogens with zero attached hydrogens (tertiary/aromatic N) is 1. The Kier molecular flexibility index (Phi) is 2.52. The smallest absolute Gasteiger partial charge is 0.238 e. The van der Waals surface area contributed by atoms with Crippen molar-refractivity contribution in [3.63, 3.8) is 0 Å². The second kappa shape index (κ2) is 3.72. The highest BCUT2D eigenvalue weighted by atomic mass is 35.7. The van der Waals surface area contributed by atoms with E-state index < -0.39 is 9.05 Å². The predicted octanol–water partition coefficient (Wildman–Crippen LogP) is 2.57. The van der Waals surface area contributed by atoms with Crippen LogP contribution in [-0.4, -0.2) is 13.6 Å². The summed E-state index contributed by atoms with van der Waals surface area (Å²) in [6.45, 7) is 0. The van der Waals surface area contributed by atoms with Crippen molar-refractivity contribution in [1.82, 2.24) is 5.16 Å². The third-order valence-electron chi connectivity index (χ3n) is 4.03. The summed E-state index contributed by atoms with van der Waals surface area (Å²) in [6, 6.07) is 1.77. The maximum atomic E-state index is 11.0. The Bertz CT molecular complexity index is 539. The van der Waals surface area contributed by atoms with Crippen LogP contribution in [0.25, 0.3) is 0 Å². The molecule has 2 saturated carbocycles. The van der Waals surface area contributed by atoms with Crippen molar-refractivity contribution < 1.29 is 12.9 Å². The molecule has 3 rings (SSSR count). The van der Waals surface area contributed by atoms with Crippen LogP contribution in [0.4, 0.5) is 0 Å². The van der Waals surface area contributed by atoms with Gasteiger partial charge in [-0.2, -0.15) is 0 Å². The lowest BCUT2D eigenvalue weighted by atomic mass is 9.86. The van der Waals surface area contributed by atoms with Crippen LogP contribution in [0.5, 0.6) is 0 Å².